The fraction of sp³-hybridized carbons (Fsp3) is 0.385. The van der Waals surface area contributed by atoms with E-state index in [4.69, 9.17) is 0 Å². The topological polar surface area (TPSA) is 0 Å². The van der Waals surface area contributed by atoms with Crippen LogP contribution in [0.5, 0.6) is 0 Å². The van der Waals surface area contributed by atoms with Crippen LogP contribution in [0.1, 0.15) is 19.3 Å². The number of allylic oxidation sites excluding steroid dienone is 8. The van der Waals surface area contributed by atoms with Crippen LogP contribution in [0.2, 0.25) is 3.12 Å². The Balaban J connectivity index is 0.000000640. The third-order valence-corrected chi connectivity index (χ3v) is 7.45. The Labute approximate surface area is 121 Å². The second kappa shape index (κ2) is 5.85. The number of rotatable bonds is 2. The molecule has 3 aliphatic rings. The van der Waals surface area contributed by atoms with Crippen molar-refractivity contribution in [1.29, 1.82) is 0 Å². The molecule has 3 aliphatic carbocycles. The molecule has 0 spiro atoms. The molecule has 0 N–H and O–H groups in total. The van der Waals surface area contributed by atoms with Crippen LogP contribution < -0.4 is 0 Å². The Hall–Kier alpha value is 0.423. The minimum Gasteiger partial charge on any atom is -0.147 e. The minimum atomic E-state index is -0.398. The largest absolute Gasteiger partial charge is 0.147 e. The van der Waals surface area contributed by atoms with Crippen molar-refractivity contribution in [3.05, 3.63) is 45.8 Å². The number of hydrogen-bond donors (Lipinski definition) is 0. The van der Waals surface area contributed by atoms with Gasteiger partial charge in [-0.25, -0.2) is 0 Å². The van der Waals surface area contributed by atoms with E-state index in [2.05, 4.69) is 42.5 Å². The predicted octanol–water partition coefficient (Wildman–Crippen LogP) is 4.45. The molecule has 0 aromatic rings. The molecule has 2 bridgehead atoms. The first kappa shape index (κ1) is 14.5. The Kier molecular flexibility index (Phi) is 5.29. The SMILES string of the molecule is C1=CC[C]([Zr][C]23C=CCC(C=C2)C3)=C1.Cl.Cl. The Morgan fingerprint density at radius 2 is 2.06 bits per heavy atom. The first-order valence-electron chi connectivity index (χ1n) is 5.37. The Morgan fingerprint density at radius 1 is 1.19 bits per heavy atom. The molecular formula is C13H16Cl2Zr. The summed E-state index contributed by atoms with van der Waals surface area (Å²) in [6.07, 6.45) is 20.8. The number of fused-ring (bicyclic) bond motifs is 2. The fourth-order valence-corrected chi connectivity index (χ4v) is 6.87. The van der Waals surface area contributed by atoms with Crippen molar-refractivity contribution in [1.82, 2.24) is 0 Å². The molecule has 2 unspecified atom stereocenters. The van der Waals surface area contributed by atoms with Crippen LogP contribution in [0, 0.1) is 5.92 Å². The van der Waals surface area contributed by atoms with Crippen LogP contribution in [-0.2, 0) is 23.2 Å². The van der Waals surface area contributed by atoms with Crippen molar-refractivity contribution >= 4 is 24.8 Å². The monoisotopic (exact) mass is 332 g/mol. The van der Waals surface area contributed by atoms with Crippen LogP contribution in [-0.4, -0.2) is 0 Å². The maximum Gasteiger partial charge on any atom is -0.147 e. The van der Waals surface area contributed by atoms with E-state index in [1.165, 1.54) is 19.3 Å². The van der Waals surface area contributed by atoms with E-state index in [1.807, 2.05) is 0 Å². The molecular weight excluding hydrogens is 318 g/mol. The molecule has 0 aromatic carbocycles. The quantitative estimate of drug-likeness (QED) is 0.655. The van der Waals surface area contributed by atoms with Gasteiger partial charge in [0.2, 0.25) is 0 Å². The summed E-state index contributed by atoms with van der Waals surface area (Å²) in [4.78, 5) is 0. The second-order valence-electron chi connectivity index (χ2n) is 4.45. The first-order chi connectivity index (χ1) is 6.86. The average molecular weight is 334 g/mol. The van der Waals surface area contributed by atoms with Gasteiger partial charge in [0.05, 0.1) is 0 Å². The standard InChI is InChI=1S/C8H9.C5H5.2ClH.Zr/c1-2-7-4-5-8(3-1)6-7;1-2-4-5-3-1;;;/h1-2,4-5,8H,3,6H2;1-3H,4H2;2*1H;. The van der Waals surface area contributed by atoms with Crippen molar-refractivity contribution in [2.45, 2.75) is 22.4 Å². The van der Waals surface area contributed by atoms with Crippen LogP contribution >= 0.6 is 24.8 Å². The summed E-state index contributed by atoms with van der Waals surface area (Å²) >= 11 is -0.398. The minimum absolute atomic E-state index is 0. The van der Waals surface area contributed by atoms with E-state index >= 15 is 0 Å². The van der Waals surface area contributed by atoms with Crippen LogP contribution in [0.4, 0.5) is 0 Å². The molecule has 0 saturated heterocycles. The van der Waals surface area contributed by atoms with Gasteiger partial charge in [0.25, 0.3) is 0 Å². The molecule has 86 valence electrons. The summed E-state index contributed by atoms with van der Waals surface area (Å²) in [6, 6.07) is 0. The molecule has 0 nitrogen and oxygen atoms in total. The second-order valence-corrected chi connectivity index (χ2v) is 8.93. The normalized spacial score (nSPS) is 33.0. The summed E-state index contributed by atoms with van der Waals surface area (Å²) in [7, 11) is 0. The Morgan fingerprint density at radius 3 is 2.81 bits per heavy atom. The van der Waals surface area contributed by atoms with Gasteiger partial charge in [-0.2, -0.15) is 0 Å². The van der Waals surface area contributed by atoms with Gasteiger partial charge in [-0.1, -0.05) is 0 Å². The third-order valence-electron chi connectivity index (χ3n) is 3.28. The Bertz CT molecular complexity index is 364. The average Bonchev–Trinajstić information content (AvgIpc) is 2.76. The van der Waals surface area contributed by atoms with E-state index in [1.54, 1.807) is 3.28 Å². The molecule has 0 amide bonds. The zero-order chi connectivity index (χ0) is 9.43. The van der Waals surface area contributed by atoms with Gasteiger partial charge in [-0.15, -0.1) is 24.8 Å². The zero-order valence-corrected chi connectivity index (χ0v) is 13.1. The van der Waals surface area contributed by atoms with E-state index in [0.717, 1.165) is 5.92 Å². The van der Waals surface area contributed by atoms with E-state index in [-0.39, 0.29) is 24.8 Å². The van der Waals surface area contributed by atoms with E-state index in [9.17, 15) is 0 Å². The van der Waals surface area contributed by atoms with Crippen molar-refractivity contribution in [2.75, 3.05) is 0 Å². The third kappa shape index (κ3) is 2.81. The molecule has 3 rings (SSSR count). The number of hydrogen-bond acceptors (Lipinski definition) is 0. The molecule has 3 heteroatoms. The van der Waals surface area contributed by atoms with Gasteiger partial charge in [-0.05, 0) is 0 Å². The molecule has 0 heterocycles. The summed E-state index contributed by atoms with van der Waals surface area (Å²) in [5, 5.41) is 0. The molecule has 0 aliphatic heterocycles. The molecule has 0 radical (unpaired) electrons. The van der Waals surface area contributed by atoms with Gasteiger partial charge in [0.1, 0.15) is 0 Å². The zero-order valence-electron chi connectivity index (χ0n) is 9.06. The molecule has 2 atom stereocenters. The molecule has 0 fully saturated rings. The van der Waals surface area contributed by atoms with Crippen LogP contribution in [0.3, 0.4) is 0 Å². The van der Waals surface area contributed by atoms with Crippen LogP contribution in [0.25, 0.3) is 0 Å². The van der Waals surface area contributed by atoms with Crippen molar-refractivity contribution in [3.63, 3.8) is 0 Å². The van der Waals surface area contributed by atoms with Gasteiger partial charge in [-0.3, -0.25) is 0 Å². The van der Waals surface area contributed by atoms with Gasteiger partial charge < -0.3 is 0 Å². The molecule has 0 saturated carbocycles. The molecule has 16 heavy (non-hydrogen) atoms. The maximum atomic E-state index is 2.52. The maximum absolute atomic E-state index is 2.52. The van der Waals surface area contributed by atoms with Crippen molar-refractivity contribution < 1.29 is 23.2 Å². The van der Waals surface area contributed by atoms with Crippen molar-refractivity contribution in [3.8, 4) is 0 Å². The fourth-order valence-electron chi connectivity index (χ4n) is 2.59. The van der Waals surface area contributed by atoms with Gasteiger partial charge in [0, 0.05) is 0 Å². The van der Waals surface area contributed by atoms with E-state index in [0.29, 0.717) is 3.12 Å². The van der Waals surface area contributed by atoms with Gasteiger partial charge >= 0.3 is 97.4 Å². The summed E-state index contributed by atoms with van der Waals surface area (Å²) in [5.74, 6) is 0.871. The van der Waals surface area contributed by atoms with Gasteiger partial charge in [0.15, 0.2) is 0 Å². The number of halogens is 2. The smallest absolute Gasteiger partial charge is 0.147 e. The summed E-state index contributed by atoms with van der Waals surface area (Å²) in [5.41, 5.74) is 0. The van der Waals surface area contributed by atoms with Crippen molar-refractivity contribution in [2.24, 2.45) is 5.92 Å². The molecule has 0 aromatic heterocycles. The van der Waals surface area contributed by atoms with Crippen LogP contribution in [0.15, 0.2) is 45.8 Å². The first-order valence-corrected chi connectivity index (χ1v) is 7.83. The summed E-state index contributed by atoms with van der Waals surface area (Å²) < 4.78 is 2.33. The van der Waals surface area contributed by atoms with E-state index < -0.39 is 23.2 Å². The summed E-state index contributed by atoms with van der Waals surface area (Å²) in [6.45, 7) is 0. The predicted molar refractivity (Wildman–Crippen MR) is 70.0 cm³/mol.